The summed E-state index contributed by atoms with van der Waals surface area (Å²) in [7, 11) is 0. The summed E-state index contributed by atoms with van der Waals surface area (Å²) in [6.45, 7) is 20.5. The summed E-state index contributed by atoms with van der Waals surface area (Å²) in [5.41, 5.74) is 1.58. The lowest BCUT2D eigenvalue weighted by atomic mass is 9.92. The summed E-state index contributed by atoms with van der Waals surface area (Å²) < 4.78 is 0. The molecule has 0 heterocycles. The summed E-state index contributed by atoms with van der Waals surface area (Å²) in [5, 5.41) is 3.42. The van der Waals surface area contributed by atoms with E-state index >= 15 is 0 Å². The van der Waals surface area contributed by atoms with Gasteiger partial charge in [-0.05, 0) is 25.4 Å². The highest BCUT2D eigenvalue weighted by Gasteiger charge is 2.20. The molecule has 0 bridgehead atoms. The van der Waals surface area contributed by atoms with Gasteiger partial charge in [-0.15, -0.1) is 0 Å². The van der Waals surface area contributed by atoms with E-state index in [0.717, 1.165) is 32.7 Å². The molecule has 0 aromatic carbocycles. The molecule has 2 heteroatoms. The van der Waals surface area contributed by atoms with Crippen LogP contribution in [0.5, 0.6) is 0 Å². The van der Waals surface area contributed by atoms with Crippen LogP contribution in [0, 0.1) is 5.41 Å². The monoisotopic (exact) mass is 212 g/mol. The molecule has 0 radical (unpaired) electrons. The van der Waals surface area contributed by atoms with Crippen molar-refractivity contribution in [1.29, 1.82) is 0 Å². The van der Waals surface area contributed by atoms with E-state index in [0.29, 0.717) is 5.41 Å². The second-order valence-electron chi connectivity index (χ2n) is 5.20. The van der Waals surface area contributed by atoms with Crippen molar-refractivity contribution >= 4 is 0 Å². The molecule has 15 heavy (non-hydrogen) atoms. The summed E-state index contributed by atoms with van der Waals surface area (Å²) in [4.78, 5) is 2.46. The van der Waals surface area contributed by atoms with Crippen LogP contribution in [0.1, 0.15) is 34.6 Å². The molecule has 0 aliphatic carbocycles. The summed E-state index contributed by atoms with van der Waals surface area (Å²) >= 11 is 0. The van der Waals surface area contributed by atoms with Crippen molar-refractivity contribution in [2.75, 3.05) is 32.7 Å². The fraction of sp³-hybridized carbons (Fsp3) is 0.846. The average Bonchev–Trinajstić information content (AvgIpc) is 2.12. The van der Waals surface area contributed by atoms with Gasteiger partial charge in [0.1, 0.15) is 0 Å². The number of rotatable bonds is 8. The Morgan fingerprint density at radius 3 is 2.33 bits per heavy atom. The Hall–Kier alpha value is -0.340. The van der Waals surface area contributed by atoms with Gasteiger partial charge >= 0.3 is 0 Å². The van der Waals surface area contributed by atoms with Crippen molar-refractivity contribution in [2.45, 2.75) is 34.6 Å². The number of hydrogen-bond acceptors (Lipinski definition) is 2. The largest absolute Gasteiger partial charge is 0.316 e. The van der Waals surface area contributed by atoms with Gasteiger partial charge in [0.2, 0.25) is 0 Å². The highest BCUT2D eigenvalue weighted by atomic mass is 15.1. The zero-order valence-corrected chi connectivity index (χ0v) is 11.2. The molecular weight excluding hydrogens is 184 g/mol. The van der Waals surface area contributed by atoms with Gasteiger partial charge in [-0.3, -0.25) is 4.90 Å². The molecule has 0 amide bonds. The Labute approximate surface area is 95.7 Å². The minimum atomic E-state index is 0.335. The lowest BCUT2D eigenvalue weighted by Crippen LogP contribution is -2.41. The van der Waals surface area contributed by atoms with Gasteiger partial charge in [-0.2, -0.15) is 0 Å². The quantitative estimate of drug-likeness (QED) is 0.622. The Balaban J connectivity index is 4.07. The van der Waals surface area contributed by atoms with E-state index < -0.39 is 0 Å². The third-order valence-electron chi connectivity index (χ3n) is 2.45. The van der Waals surface area contributed by atoms with Crippen LogP contribution >= 0.6 is 0 Å². The maximum Gasteiger partial charge on any atom is 0.0187 e. The summed E-state index contributed by atoms with van der Waals surface area (Å²) in [5.74, 6) is 0. The zero-order chi connectivity index (χ0) is 11.9. The minimum absolute atomic E-state index is 0.335. The van der Waals surface area contributed by atoms with E-state index in [-0.39, 0.29) is 0 Å². The fourth-order valence-electron chi connectivity index (χ4n) is 1.79. The fourth-order valence-corrected chi connectivity index (χ4v) is 1.79. The number of hydrogen-bond donors (Lipinski definition) is 1. The average molecular weight is 212 g/mol. The topological polar surface area (TPSA) is 15.3 Å². The third kappa shape index (κ3) is 7.57. The van der Waals surface area contributed by atoms with E-state index in [1.807, 2.05) is 0 Å². The smallest absolute Gasteiger partial charge is 0.0187 e. The number of nitrogens with one attached hydrogen (secondary N) is 1. The molecule has 0 saturated heterocycles. The minimum Gasteiger partial charge on any atom is -0.316 e. The molecule has 0 atom stereocenters. The van der Waals surface area contributed by atoms with E-state index in [9.17, 15) is 0 Å². The molecule has 0 aromatic heterocycles. The Bertz CT molecular complexity index is 185. The molecule has 0 aliphatic rings. The molecule has 2 nitrogen and oxygen atoms in total. The molecule has 0 rings (SSSR count). The van der Waals surface area contributed by atoms with Crippen molar-refractivity contribution in [3.63, 3.8) is 0 Å². The van der Waals surface area contributed by atoms with E-state index in [1.54, 1.807) is 0 Å². The van der Waals surface area contributed by atoms with Crippen LogP contribution in [0.3, 0.4) is 0 Å². The van der Waals surface area contributed by atoms with E-state index in [4.69, 9.17) is 0 Å². The van der Waals surface area contributed by atoms with Gasteiger partial charge < -0.3 is 5.32 Å². The molecule has 0 fully saturated rings. The molecule has 90 valence electrons. The lowest BCUT2D eigenvalue weighted by molar-refractivity contribution is 0.193. The van der Waals surface area contributed by atoms with E-state index in [1.165, 1.54) is 5.57 Å². The first kappa shape index (κ1) is 14.7. The second kappa shape index (κ2) is 7.02. The van der Waals surface area contributed by atoms with Crippen LogP contribution in [0.15, 0.2) is 12.2 Å². The molecule has 0 aromatic rings. The Morgan fingerprint density at radius 2 is 1.93 bits per heavy atom. The van der Waals surface area contributed by atoms with Gasteiger partial charge in [-0.25, -0.2) is 0 Å². The molecule has 0 spiro atoms. The molecule has 0 aliphatic heterocycles. The van der Waals surface area contributed by atoms with Crippen molar-refractivity contribution < 1.29 is 0 Å². The predicted molar refractivity (Wildman–Crippen MR) is 69.3 cm³/mol. The van der Waals surface area contributed by atoms with Crippen LogP contribution in [-0.4, -0.2) is 37.6 Å². The van der Waals surface area contributed by atoms with Crippen LogP contribution in [0.4, 0.5) is 0 Å². The SMILES string of the molecule is C=C(C)CN(CC)CC(C)(C)CNCC. The Morgan fingerprint density at radius 1 is 1.33 bits per heavy atom. The highest BCUT2D eigenvalue weighted by Crippen LogP contribution is 2.16. The second-order valence-corrected chi connectivity index (χ2v) is 5.20. The Kier molecular flexibility index (Phi) is 6.86. The summed E-state index contributed by atoms with van der Waals surface area (Å²) in [6.07, 6.45) is 0. The van der Waals surface area contributed by atoms with Crippen molar-refractivity contribution in [3.8, 4) is 0 Å². The van der Waals surface area contributed by atoms with Crippen LogP contribution < -0.4 is 5.32 Å². The van der Waals surface area contributed by atoms with Gasteiger partial charge in [0.25, 0.3) is 0 Å². The van der Waals surface area contributed by atoms with Gasteiger partial charge in [-0.1, -0.05) is 39.8 Å². The van der Waals surface area contributed by atoms with Gasteiger partial charge in [0, 0.05) is 19.6 Å². The third-order valence-corrected chi connectivity index (χ3v) is 2.45. The first-order valence-corrected chi connectivity index (χ1v) is 5.98. The molecular formula is C13H28N2. The maximum absolute atomic E-state index is 3.98. The van der Waals surface area contributed by atoms with Gasteiger partial charge in [0.15, 0.2) is 0 Å². The number of likely N-dealkylation sites (N-methyl/N-ethyl adjacent to an activating group) is 1. The molecule has 1 N–H and O–H groups in total. The lowest BCUT2D eigenvalue weighted by Gasteiger charge is -2.32. The first-order valence-electron chi connectivity index (χ1n) is 5.98. The normalized spacial score (nSPS) is 12.1. The number of nitrogens with zero attached hydrogens (tertiary/aromatic N) is 1. The zero-order valence-electron chi connectivity index (χ0n) is 11.2. The predicted octanol–water partition coefficient (Wildman–Crippen LogP) is 2.52. The maximum atomic E-state index is 3.98. The molecule has 0 unspecified atom stereocenters. The first-order chi connectivity index (χ1) is 6.91. The van der Waals surface area contributed by atoms with Crippen LogP contribution in [0.25, 0.3) is 0 Å². The van der Waals surface area contributed by atoms with Crippen LogP contribution in [-0.2, 0) is 0 Å². The highest BCUT2D eigenvalue weighted by molar-refractivity contribution is 4.92. The van der Waals surface area contributed by atoms with Crippen molar-refractivity contribution in [2.24, 2.45) is 5.41 Å². The standard InChI is InChI=1S/C13H28N2/c1-7-14-10-13(5,6)11-15(8-2)9-12(3)4/h14H,3,7-11H2,1-2,4-6H3. The van der Waals surface area contributed by atoms with Crippen LogP contribution in [0.2, 0.25) is 0 Å². The van der Waals surface area contributed by atoms with E-state index in [2.05, 4.69) is 51.4 Å². The van der Waals surface area contributed by atoms with Crippen molar-refractivity contribution in [3.05, 3.63) is 12.2 Å². The molecule has 0 saturated carbocycles. The summed E-state index contributed by atoms with van der Waals surface area (Å²) in [6, 6.07) is 0. The van der Waals surface area contributed by atoms with Crippen molar-refractivity contribution in [1.82, 2.24) is 10.2 Å². The van der Waals surface area contributed by atoms with Gasteiger partial charge in [0.05, 0.1) is 0 Å².